The van der Waals surface area contributed by atoms with Crippen LogP contribution in [0.15, 0.2) is 12.3 Å². The second kappa shape index (κ2) is 4.16. The first kappa shape index (κ1) is 12.7. The van der Waals surface area contributed by atoms with Crippen LogP contribution in [0.3, 0.4) is 0 Å². The number of nitrogens with two attached hydrogens (primary N) is 1. The minimum absolute atomic E-state index is 0.217. The minimum atomic E-state index is 0.217. The molecular formula is C15H26N2. The third kappa shape index (κ3) is 2.28. The fourth-order valence-electron chi connectivity index (χ4n) is 2.96. The molecule has 0 aromatic carbocycles. The monoisotopic (exact) mass is 234 g/mol. The van der Waals surface area contributed by atoms with Crippen LogP contribution in [0.25, 0.3) is 0 Å². The van der Waals surface area contributed by atoms with E-state index in [1.165, 1.54) is 11.3 Å². The second-order valence-electron chi connectivity index (χ2n) is 6.76. The molecule has 0 saturated carbocycles. The van der Waals surface area contributed by atoms with Crippen molar-refractivity contribution >= 4 is 0 Å². The van der Waals surface area contributed by atoms with Gasteiger partial charge in [-0.05, 0) is 42.7 Å². The van der Waals surface area contributed by atoms with E-state index in [0.29, 0.717) is 17.4 Å². The van der Waals surface area contributed by atoms with Gasteiger partial charge in [-0.15, -0.1) is 0 Å². The van der Waals surface area contributed by atoms with Crippen molar-refractivity contribution in [2.75, 3.05) is 0 Å². The zero-order valence-electron chi connectivity index (χ0n) is 11.8. The van der Waals surface area contributed by atoms with Gasteiger partial charge in [0, 0.05) is 24.0 Å². The van der Waals surface area contributed by atoms with Crippen LogP contribution in [0.5, 0.6) is 0 Å². The lowest BCUT2D eigenvalue weighted by Crippen LogP contribution is -2.31. The maximum absolute atomic E-state index is 6.30. The van der Waals surface area contributed by atoms with Gasteiger partial charge in [0.05, 0.1) is 0 Å². The molecule has 1 heterocycles. The number of hydrogen-bond donors (Lipinski definition) is 1. The van der Waals surface area contributed by atoms with Gasteiger partial charge in [0.2, 0.25) is 0 Å². The van der Waals surface area contributed by atoms with Gasteiger partial charge in [0.25, 0.3) is 0 Å². The van der Waals surface area contributed by atoms with Gasteiger partial charge in [-0.25, -0.2) is 0 Å². The zero-order chi connectivity index (χ0) is 12.8. The minimum Gasteiger partial charge on any atom is -0.348 e. The van der Waals surface area contributed by atoms with Crippen LogP contribution in [-0.4, -0.2) is 4.57 Å². The molecule has 17 heavy (non-hydrogen) atoms. The molecule has 2 unspecified atom stereocenters. The molecule has 0 fully saturated rings. The molecule has 0 bridgehead atoms. The molecule has 2 N–H and O–H groups in total. The number of hydrogen-bond acceptors (Lipinski definition) is 1. The van der Waals surface area contributed by atoms with E-state index in [4.69, 9.17) is 5.73 Å². The number of fused-ring (bicyclic) bond motifs is 1. The Bertz CT molecular complexity index is 401. The van der Waals surface area contributed by atoms with E-state index in [0.717, 1.165) is 12.8 Å². The summed E-state index contributed by atoms with van der Waals surface area (Å²) in [6.45, 7) is 11.5. The summed E-state index contributed by atoms with van der Waals surface area (Å²) in [7, 11) is 0. The van der Waals surface area contributed by atoms with Crippen molar-refractivity contribution in [2.45, 2.75) is 59.5 Å². The first-order chi connectivity index (χ1) is 7.82. The standard InChI is InChI=1S/C15H26N2/c1-10(2)11(3)17-7-6-12-13(16)8-15(4,5)9-14(12)17/h6-7,10-11,13H,8-9,16H2,1-5H3. The number of nitrogens with zero attached hydrogens (tertiary/aromatic N) is 1. The highest BCUT2D eigenvalue weighted by atomic mass is 15.0. The molecule has 2 rings (SSSR count). The van der Waals surface area contributed by atoms with Crippen LogP contribution in [0.2, 0.25) is 0 Å². The molecule has 1 aliphatic rings. The van der Waals surface area contributed by atoms with Crippen molar-refractivity contribution in [3.8, 4) is 0 Å². The highest BCUT2D eigenvalue weighted by Crippen LogP contribution is 2.41. The van der Waals surface area contributed by atoms with Crippen LogP contribution in [0.4, 0.5) is 0 Å². The smallest absolute Gasteiger partial charge is 0.0328 e. The second-order valence-corrected chi connectivity index (χ2v) is 6.76. The molecule has 1 aliphatic carbocycles. The Labute approximate surface area is 105 Å². The van der Waals surface area contributed by atoms with Gasteiger partial charge in [-0.3, -0.25) is 0 Å². The molecule has 0 aliphatic heterocycles. The molecule has 1 aromatic heterocycles. The lowest BCUT2D eigenvalue weighted by atomic mass is 9.74. The van der Waals surface area contributed by atoms with Gasteiger partial charge in [-0.1, -0.05) is 27.7 Å². The predicted octanol–water partition coefficient (Wildman–Crippen LogP) is 3.68. The summed E-state index contributed by atoms with van der Waals surface area (Å²) >= 11 is 0. The summed E-state index contributed by atoms with van der Waals surface area (Å²) in [5.41, 5.74) is 9.47. The largest absolute Gasteiger partial charge is 0.348 e. The van der Waals surface area contributed by atoms with Crippen molar-refractivity contribution in [3.05, 3.63) is 23.5 Å². The maximum Gasteiger partial charge on any atom is 0.0328 e. The topological polar surface area (TPSA) is 30.9 Å². The fraction of sp³-hybridized carbons (Fsp3) is 0.733. The quantitative estimate of drug-likeness (QED) is 0.831. The van der Waals surface area contributed by atoms with Crippen LogP contribution in [-0.2, 0) is 6.42 Å². The molecule has 2 heteroatoms. The van der Waals surface area contributed by atoms with Gasteiger partial charge >= 0.3 is 0 Å². The van der Waals surface area contributed by atoms with E-state index >= 15 is 0 Å². The van der Waals surface area contributed by atoms with Gasteiger partial charge in [0.15, 0.2) is 0 Å². The van der Waals surface area contributed by atoms with E-state index in [1.807, 2.05) is 0 Å². The van der Waals surface area contributed by atoms with Crippen LogP contribution in [0.1, 0.15) is 64.4 Å². The summed E-state index contributed by atoms with van der Waals surface area (Å²) in [5.74, 6) is 0.660. The van der Waals surface area contributed by atoms with Crippen molar-refractivity contribution in [1.29, 1.82) is 0 Å². The summed E-state index contributed by atoms with van der Waals surface area (Å²) in [6, 6.07) is 3.00. The lowest BCUT2D eigenvalue weighted by molar-refractivity contribution is 0.267. The first-order valence-corrected chi connectivity index (χ1v) is 6.77. The summed E-state index contributed by atoms with van der Waals surface area (Å²) in [4.78, 5) is 0. The third-order valence-electron chi connectivity index (χ3n) is 4.28. The Hall–Kier alpha value is -0.760. The van der Waals surface area contributed by atoms with Crippen LogP contribution >= 0.6 is 0 Å². The fourth-order valence-corrected chi connectivity index (χ4v) is 2.96. The number of aromatic nitrogens is 1. The zero-order valence-corrected chi connectivity index (χ0v) is 11.8. The molecule has 0 spiro atoms. The maximum atomic E-state index is 6.30. The van der Waals surface area contributed by atoms with Gasteiger partial charge < -0.3 is 10.3 Å². The van der Waals surface area contributed by atoms with Crippen LogP contribution in [0, 0.1) is 11.3 Å². The Balaban J connectivity index is 2.40. The molecule has 2 atom stereocenters. The predicted molar refractivity (Wildman–Crippen MR) is 73.0 cm³/mol. The van der Waals surface area contributed by atoms with Crippen LogP contribution < -0.4 is 5.73 Å². The molecule has 2 nitrogen and oxygen atoms in total. The van der Waals surface area contributed by atoms with E-state index < -0.39 is 0 Å². The Morgan fingerprint density at radius 3 is 2.59 bits per heavy atom. The van der Waals surface area contributed by atoms with Gasteiger partial charge in [0.1, 0.15) is 0 Å². The average Bonchev–Trinajstić information content (AvgIpc) is 2.58. The summed E-state index contributed by atoms with van der Waals surface area (Å²) in [5, 5.41) is 0. The van der Waals surface area contributed by atoms with Crippen molar-refractivity contribution in [2.24, 2.45) is 17.1 Å². The van der Waals surface area contributed by atoms with Crippen molar-refractivity contribution in [3.63, 3.8) is 0 Å². The molecular weight excluding hydrogens is 208 g/mol. The molecule has 0 amide bonds. The normalized spacial score (nSPS) is 24.8. The van der Waals surface area contributed by atoms with E-state index in [2.05, 4.69) is 51.4 Å². The summed E-state index contributed by atoms with van der Waals surface area (Å²) < 4.78 is 2.45. The molecule has 0 radical (unpaired) electrons. The Kier molecular flexibility index (Phi) is 3.11. The average molecular weight is 234 g/mol. The highest BCUT2D eigenvalue weighted by molar-refractivity contribution is 5.30. The molecule has 0 saturated heterocycles. The number of rotatable bonds is 2. The summed E-state index contributed by atoms with van der Waals surface area (Å²) in [6.07, 6.45) is 4.48. The SMILES string of the molecule is CC(C)C(C)n1ccc2c1CC(C)(C)CC2N. The first-order valence-electron chi connectivity index (χ1n) is 6.77. The highest BCUT2D eigenvalue weighted by Gasteiger charge is 2.33. The molecule has 1 aromatic rings. The Morgan fingerprint density at radius 2 is 2.00 bits per heavy atom. The van der Waals surface area contributed by atoms with E-state index in [-0.39, 0.29) is 6.04 Å². The van der Waals surface area contributed by atoms with E-state index in [1.54, 1.807) is 0 Å². The van der Waals surface area contributed by atoms with Gasteiger partial charge in [-0.2, -0.15) is 0 Å². The van der Waals surface area contributed by atoms with Crippen molar-refractivity contribution in [1.82, 2.24) is 4.57 Å². The van der Waals surface area contributed by atoms with E-state index in [9.17, 15) is 0 Å². The molecule has 96 valence electrons. The lowest BCUT2D eigenvalue weighted by Gasteiger charge is -2.35. The Morgan fingerprint density at radius 1 is 1.35 bits per heavy atom. The third-order valence-corrected chi connectivity index (χ3v) is 4.28. The van der Waals surface area contributed by atoms with Crippen molar-refractivity contribution < 1.29 is 0 Å².